The lowest BCUT2D eigenvalue weighted by atomic mass is 9.87. The number of amides is 2. The Labute approximate surface area is 206 Å². The van der Waals surface area contributed by atoms with Gasteiger partial charge in [0.2, 0.25) is 11.7 Å². The Morgan fingerprint density at radius 1 is 1.03 bits per heavy atom. The molecule has 0 unspecified atom stereocenters. The van der Waals surface area contributed by atoms with E-state index in [9.17, 15) is 9.59 Å². The SMILES string of the molecule is COc1cc([C@H]2CN(C(=O)c3ccc(Cl)cc3)C[C@@H]2C(=O)NCCC(C)C)cc(OC)c1OC. The second-order valence-corrected chi connectivity index (χ2v) is 9.30. The molecule has 1 heterocycles. The van der Waals surface area contributed by atoms with Crippen molar-refractivity contribution >= 4 is 23.4 Å². The van der Waals surface area contributed by atoms with Crippen LogP contribution in [0.1, 0.15) is 42.1 Å². The molecular weight excluding hydrogens is 456 g/mol. The van der Waals surface area contributed by atoms with Gasteiger partial charge in [0, 0.05) is 36.1 Å². The van der Waals surface area contributed by atoms with Crippen LogP contribution in [-0.4, -0.2) is 57.7 Å². The van der Waals surface area contributed by atoms with Crippen LogP contribution in [0, 0.1) is 11.8 Å². The number of rotatable bonds is 9. The lowest BCUT2D eigenvalue weighted by Crippen LogP contribution is -2.36. The zero-order valence-corrected chi connectivity index (χ0v) is 21.1. The van der Waals surface area contributed by atoms with Gasteiger partial charge in [-0.3, -0.25) is 9.59 Å². The molecule has 0 aliphatic carbocycles. The lowest BCUT2D eigenvalue weighted by molar-refractivity contribution is -0.124. The third-order valence-electron chi connectivity index (χ3n) is 6.17. The summed E-state index contributed by atoms with van der Waals surface area (Å²) in [6.45, 7) is 5.54. The zero-order chi connectivity index (χ0) is 24.8. The number of halogens is 1. The first kappa shape index (κ1) is 25.7. The van der Waals surface area contributed by atoms with Crippen LogP contribution in [0.25, 0.3) is 0 Å². The predicted octanol–water partition coefficient (Wildman–Crippen LogP) is 4.38. The molecular formula is C26H33ClN2O5. The standard InChI is InChI=1S/C26H33ClN2O5/c1-16(2)10-11-28-25(30)21-15-29(26(31)17-6-8-19(27)9-7-17)14-20(21)18-12-22(32-3)24(34-5)23(13-18)33-4/h6-9,12-13,16,20-21H,10-11,14-15H2,1-5H3,(H,28,30)/t20-,21+/m1/s1. The van der Waals surface area contributed by atoms with Gasteiger partial charge in [0.05, 0.1) is 27.2 Å². The van der Waals surface area contributed by atoms with E-state index in [0.717, 1.165) is 12.0 Å². The Balaban J connectivity index is 1.93. The fraction of sp³-hybridized carbons (Fsp3) is 0.462. The molecule has 34 heavy (non-hydrogen) atoms. The number of nitrogens with one attached hydrogen (secondary N) is 1. The van der Waals surface area contributed by atoms with Crippen LogP contribution < -0.4 is 19.5 Å². The van der Waals surface area contributed by atoms with E-state index in [1.165, 1.54) is 0 Å². The average molecular weight is 489 g/mol. The van der Waals surface area contributed by atoms with Crippen LogP contribution in [0.15, 0.2) is 36.4 Å². The van der Waals surface area contributed by atoms with Gasteiger partial charge < -0.3 is 24.4 Å². The maximum absolute atomic E-state index is 13.2. The van der Waals surface area contributed by atoms with Gasteiger partial charge in [-0.15, -0.1) is 0 Å². The Hall–Kier alpha value is -2.93. The Morgan fingerprint density at radius 3 is 2.18 bits per heavy atom. The maximum Gasteiger partial charge on any atom is 0.253 e. The van der Waals surface area contributed by atoms with Crippen molar-refractivity contribution in [1.29, 1.82) is 0 Å². The average Bonchev–Trinajstić information content (AvgIpc) is 3.28. The number of hydrogen-bond acceptors (Lipinski definition) is 5. The molecule has 8 heteroatoms. The minimum absolute atomic E-state index is 0.0641. The van der Waals surface area contributed by atoms with Gasteiger partial charge in [0.25, 0.3) is 5.91 Å². The van der Waals surface area contributed by atoms with Crippen LogP contribution in [0.4, 0.5) is 0 Å². The molecule has 0 saturated carbocycles. The summed E-state index contributed by atoms with van der Waals surface area (Å²) in [4.78, 5) is 28.2. The first-order chi connectivity index (χ1) is 16.3. The molecule has 0 radical (unpaired) electrons. The Morgan fingerprint density at radius 2 is 1.65 bits per heavy atom. The molecule has 2 amide bonds. The zero-order valence-electron chi connectivity index (χ0n) is 20.4. The largest absolute Gasteiger partial charge is 0.493 e. The molecule has 1 aliphatic heterocycles. The first-order valence-electron chi connectivity index (χ1n) is 11.4. The summed E-state index contributed by atoms with van der Waals surface area (Å²) in [6.07, 6.45) is 0.890. The summed E-state index contributed by atoms with van der Waals surface area (Å²) in [5, 5.41) is 3.63. The van der Waals surface area contributed by atoms with Crippen molar-refractivity contribution in [2.75, 3.05) is 41.0 Å². The monoisotopic (exact) mass is 488 g/mol. The van der Waals surface area contributed by atoms with E-state index in [1.54, 1.807) is 50.5 Å². The quantitative estimate of drug-likeness (QED) is 0.566. The van der Waals surface area contributed by atoms with Crippen LogP contribution in [0.2, 0.25) is 5.02 Å². The van der Waals surface area contributed by atoms with E-state index in [0.29, 0.717) is 53.4 Å². The highest BCUT2D eigenvalue weighted by Crippen LogP contribution is 2.43. The number of hydrogen-bond donors (Lipinski definition) is 1. The van der Waals surface area contributed by atoms with Gasteiger partial charge in [-0.2, -0.15) is 0 Å². The number of ether oxygens (including phenoxy) is 3. The molecule has 2 aromatic rings. The molecule has 1 aliphatic rings. The predicted molar refractivity (Wildman–Crippen MR) is 132 cm³/mol. The minimum Gasteiger partial charge on any atom is -0.493 e. The number of likely N-dealkylation sites (tertiary alicyclic amines) is 1. The molecule has 1 saturated heterocycles. The Bertz CT molecular complexity index is 984. The molecule has 0 bridgehead atoms. The second kappa shape index (κ2) is 11.5. The van der Waals surface area contributed by atoms with Crippen molar-refractivity contribution < 1.29 is 23.8 Å². The summed E-state index contributed by atoms with van der Waals surface area (Å²) in [5.41, 5.74) is 1.39. The summed E-state index contributed by atoms with van der Waals surface area (Å²) >= 11 is 5.98. The molecule has 2 atom stereocenters. The number of methoxy groups -OCH3 is 3. The molecule has 1 fully saturated rings. The van der Waals surface area contributed by atoms with E-state index in [1.807, 2.05) is 12.1 Å². The molecule has 3 rings (SSSR count). The van der Waals surface area contributed by atoms with Crippen molar-refractivity contribution in [3.05, 3.63) is 52.5 Å². The number of carbonyl (C=O) groups excluding carboxylic acids is 2. The highest BCUT2D eigenvalue weighted by molar-refractivity contribution is 6.30. The molecule has 0 spiro atoms. The summed E-state index contributed by atoms with van der Waals surface area (Å²) in [6, 6.07) is 10.5. The number of benzene rings is 2. The fourth-order valence-corrected chi connectivity index (χ4v) is 4.40. The van der Waals surface area contributed by atoms with E-state index < -0.39 is 5.92 Å². The van der Waals surface area contributed by atoms with Crippen LogP contribution in [0.3, 0.4) is 0 Å². The maximum atomic E-state index is 13.2. The van der Waals surface area contributed by atoms with Crippen molar-refractivity contribution in [3.8, 4) is 17.2 Å². The summed E-state index contributed by atoms with van der Waals surface area (Å²) < 4.78 is 16.5. The Kier molecular flexibility index (Phi) is 8.67. The number of nitrogens with zero attached hydrogens (tertiary/aromatic N) is 1. The molecule has 1 N–H and O–H groups in total. The van der Waals surface area contributed by atoms with Gasteiger partial charge in [0.15, 0.2) is 11.5 Å². The molecule has 184 valence electrons. The normalized spacial score (nSPS) is 17.6. The first-order valence-corrected chi connectivity index (χ1v) is 11.8. The minimum atomic E-state index is -0.411. The van der Waals surface area contributed by atoms with Gasteiger partial charge in [-0.25, -0.2) is 0 Å². The number of carbonyl (C=O) groups is 2. The third kappa shape index (κ3) is 5.76. The van der Waals surface area contributed by atoms with Gasteiger partial charge in [0.1, 0.15) is 0 Å². The van der Waals surface area contributed by atoms with Crippen LogP contribution in [0.5, 0.6) is 17.2 Å². The highest BCUT2D eigenvalue weighted by atomic mass is 35.5. The summed E-state index contributed by atoms with van der Waals surface area (Å²) in [7, 11) is 4.66. The van der Waals surface area contributed by atoms with E-state index in [4.69, 9.17) is 25.8 Å². The van der Waals surface area contributed by atoms with E-state index in [2.05, 4.69) is 19.2 Å². The van der Waals surface area contributed by atoms with Crippen molar-refractivity contribution in [3.63, 3.8) is 0 Å². The summed E-state index contributed by atoms with van der Waals surface area (Å²) in [5.74, 6) is 1.15. The molecule has 0 aromatic heterocycles. The third-order valence-corrected chi connectivity index (χ3v) is 6.42. The van der Waals surface area contributed by atoms with Crippen molar-refractivity contribution in [1.82, 2.24) is 10.2 Å². The topological polar surface area (TPSA) is 77.1 Å². The molecule has 7 nitrogen and oxygen atoms in total. The van der Waals surface area contributed by atoms with Crippen molar-refractivity contribution in [2.45, 2.75) is 26.2 Å². The highest BCUT2D eigenvalue weighted by Gasteiger charge is 2.41. The van der Waals surface area contributed by atoms with Crippen molar-refractivity contribution in [2.24, 2.45) is 11.8 Å². The van der Waals surface area contributed by atoms with E-state index >= 15 is 0 Å². The molecule has 2 aromatic carbocycles. The lowest BCUT2D eigenvalue weighted by Gasteiger charge is -2.21. The smallest absolute Gasteiger partial charge is 0.253 e. The second-order valence-electron chi connectivity index (χ2n) is 8.86. The van der Waals surface area contributed by atoms with Gasteiger partial charge in [-0.05, 0) is 54.3 Å². The fourth-order valence-electron chi connectivity index (χ4n) is 4.28. The van der Waals surface area contributed by atoms with Crippen LogP contribution >= 0.6 is 11.6 Å². The van der Waals surface area contributed by atoms with Gasteiger partial charge in [-0.1, -0.05) is 25.4 Å². The van der Waals surface area contributed by atoms with Crippen LogP contribution in [-0.2, 0) is 4.79 Å². The van der Waals surface area contributed by atoms with Gasteiger partial charge >= 0.3 is 0 Å². The van der Waals surface area contributed by atoms with E-state index in [-0.39, 0.29) is 17.7 Å².